The van der Waals surface area contributed by atoms with Gasteiger partial charge >= 0.3 is 0 Å². The van der Waals surface area contributed by atoms with E-state index in [0.29, 0.717) is 0 Å². The topological polar surface area (TPSA) is 32.3 Å². The van der Waals surface area contributed by atoms with Crippen LogP contribution < -0.4 is 5.32 Å². The standard InChI is InChI=1S/C15H15BrClNO/c16-15-7-14(17)5-4-13(15)9-18-8-11-2-1-3-12(6-11)10-19/h1-7,18-19H,8-10H2. The molecule has 2 nitrogen and oxygen atoms in total. The molecular weight excluding hydrogens is 326 g/mol. The molecule has 2 aromatic rings. The first-order chi connectivity index (χ1) is 9.19. The predicted octanol–water partition coefficient (Wildman–Crippen LogP) is 3.88. The SMILES string of the molecule is OCc1cccc(CNCc2ccc(Cl)cc2Br)c1. The maximum absolute atomic E-state index is 9.09. The number of hydrogen-bond donors (Lipinski definition) is 2. The molecule has 0 unspecified atom stereocenters. The predicted molar refractivity (Wildman–Crippen MR) is 82.1 cm³/mol. The lowest BCUT2D eigenvalue weighted by molar-refractivity contribution is 0.281. The Morgan fingerprint density at radius 2 is 1.84 bits per heavy atom. The van der Waals surface area contributed by atoms with E-state index in [1.807, 2.05) is 42.5 Å². The summed E-state index contributed by atoms with van der Waals surface area (Å²) >= 11 is 9.41. The molecule has 0 amide bonds. The summed E-state index contributed by atoms with van der Waals surface area (Å²) in [4.78, 5) is 0. The number of aliphatic hydroxyl groups excluding tert-OH is 1. The van der Waals surface area contributed by atoms with Gasteiger partial charge in [0.1, 0.15) is 0 Å². The number of benzene rings is 2. The van der Waals surface area contributed by atoms with E-state index in [0.717, 1.165) is 33.7 Å². The quantitative estimate of drug-likeness (QED) is 0.865. The van der Waals surface area contributed by atoms with E-state index in [-0.39, 0.29) is 6.61 Å². The summed E-state index contributed by atoms with van der Waals surface area (Å²) in [6.45, 7) is 1.61. The molecule has 2 N–H and O–H groups in total. The molecule has 2 aromatic carbocycles. The molecule has 0 spiro atoms. The third-order valence-electron chi connectivity index (χ3n) is 2.83. The molecule has 2 rings (SSSR count). The van der Waals surface area contributed by atoms with E-state index in [9.17, 15) is 0 Å². The first kappa shape index (κ1) is 14.5. The fourth-order valence-corrected chi connectivity index (χ4v) is 2.67. The Hall–Kier alpha value is -0.870. The van der Waals surface area contributed by atoms with Crippen LogP contribution in [0.15, 0.2) is 46.9 Å². The Kier molecular flexibility index (Phi) is 5.40. The first-order valence-electron chi connectivity index (χ1n) is 6.02. The van der Waals surface area contributed by atoms with Gasteiger partial charge in [-0.2, -0.15) is 0 Å². The van der Waals surface area contributed by atoms with Gasteiger partial charge in [-0.3, -0.25) is 0 Å². The summed E-state index contributed by atoms with van der Waals surface area (Å²) in [7, 11) is 0. The second-order valence-electron chi connectivity index (χ2n) is 4.32. The summed E-state index contributed by atoms with van der Waals surface area (Å²) in [6.07, 6.45) is 0. The van der Waals surface area contributed by atoms with Gasteiger partial charge in [0.05, 0.1) is 6.61 Å². The maximum Gasteiger partial charge on any atom is 0.0681 e. The number of hydrogen-bond acceptors (Lipinski definition) is 2. The van der Waals surface area contributed by atoms with E-state index >= 15 is 0 Å². The zero-order valence-corrected chi connectivity index (χ0v) is 12.7. The molecule has 100 valence electrons. The molecule has 19 heavy (non-hydrogen) atoms. The molecule has 0 aliphatic rings. The van der Waals surface area contributed by atoms with Crippen molar-refractivity contribution >= 4 is 27.5 Å². The molecule has 0 atom stereocenters. The molecule has 0 radical (unpaired) electrons. The molecule has 0 fully saturated rings. The van der Waals surface area contributed by atoms with E-state index in [1.165, 1.54) is 5.56 Å². The lowest BCUT2D eigenvalue weighted by atomic mass is 10.1. The van der Waals surface area contributed by atoms with Crippen LogP contribution in [0.2, 0.25) is 5.02 Å². The lowest BCUT2D eigenvalue weighted by Crippen LogP contribution is -2.13. The molecule has 0 aliphatic heterocycles. The van der Waals surface area contributed by atoms with E-state index in [4.69, 9.17) is 16.7 Å². The van der Waals surface area contributed by atoms with Gasteiger partial charge in [0.15, 0.2) is 0 Å². The third-order valence-corrected chi connectivity index (χ3v) is 3.81. The van der Waals surface area contributed by atoms with Crippen molar-refractivity contribution in [1.82, 2.24) is 5.32 Å². The Morgan fingerprint density at radius 3 is 2.58 bits per heavy atom. The van der Waals surface area contributed by atoms with Crippen LogP contribution >= 0.6 is 27.5 Å². The Balaban J connectivity index is 1.92. The zero-order chi connectivity index (χ0) is 13.7. The molecular formula is C15H15BrClNO. The van der Waals surface area contributed by atoms with E-state index < -0.39 is 0 Å². The fraction of sp³-hybridized carbons (Fsp3) is 0.200. The minimum absolute atomic E-state index is 0.0799. The van der Waals surface area contributed by atoms with Crippen molar-refractivity contribution < 1.29 is 5.11 Å². The Morgan fingerprint density at radius 1 is 1.05 bits per heavy atom. The Labute approximate surface area is 126 Å². The van der Waals surface area contributed by atoms with Crippen LogP contribution in [0.3, 0.4) is 0 Å². The van der Waals surface area contributed by atoms with Gasteiger partial charge in [0, 0.05) is 22.6 Å². The van der Waals surface area contributed by atoms with Gasteiger partial charge in [-0.1, -0.05) is 57.9 Å². The molecule has 0 saturated carbocycles. The number of rotatable bonds is 5. The highest BCUT2D eigenvalue weighted by molar-refractivity contribution is 9.10. The average Bonchev–Trinajstić information content (AvgIpc) is 2.41. The third kappa shape index (κ3) is 4.32. The summed E-state index contributed by atoms with van der Waals surface area (Å²) < 4.78 is 1.01. The van der Waals surface area contributed by atoms with E-state index in [1.54, 1.807) is 0 Å². The zero-order valence-electron chi connectivity index (χ0n) is 10.4. The van der Waals surface area contributed by atoms with Crippen LogP contribution in [0.1, 0.15) is 16.7 Å². The van der Waals surface area contributed by atoms with Gasteiger partial charge in [0.2, 0.25) is 0 Å². The van der Waals surface area contributed by atoms with Crippen molar-refractivity contribution in [2.24, 2.45) is 0 Å². The van der Waals surface area contributed by atoms with Crippen LogP contribution in [0.5, 0.6) is 0 Å². The van der Waals surface area contributed by atoms with Gasteiger partial charge in [-0.25, -0.2) is 0 Å². The van der Waals surface area contributed by atoms with E-state index in [2.05, 4.69) is 21.2 Å². The second-order valence-corrected chi connectivity index (χ2v) is 5.61. The molecule has 0 aliphatic carbocycles. The minimum atomic E-state index is 0.0799. The van der Waals surface area contributed by atoms with Crippen LogP contribution in [0.25, 0.3) is 0 Å². The van der Waals surface area contributed by atoms with Crippen LogP contribution in [-0.4, -0.2) is 5.11 Å². The summed E-state index contributed by atoms with van der Waals surface area (Å²) in [5.41, 5.74) is 3.27. The van der Waals surface area contributed by atoms with Crippen molar-refractivity contribution in [3.63, 3.8) is 0 Å². The molecule has 0 aromatic heterocycles. The highest BCUT2D eigenvalue weighted by Gasteiger charge is 2.01. The normalized spacial score (nSPS) is 10.7. The van der Waals surface area contributed by atoms with Crippen LogP contribution in [0.4, 0.5) is 0 Å². The summed E-state index contributed by atoms with van der Waals surface area (Å²) in [5, 5.41) is 13.2. The molecule has 0 bridgehead atoms. The number of aliphatic hydroxyl groups is 1. The summed E-state index contributed by atoms with van der Waals surface area (Å²) in [6, 6.07) is 13.7. The van der Waals surface area contributed by atoms with Crippen molar-refractivity contribution in [1.29, 1.82) is 0 Å². The lowest BCUT2D eigenvalue weighted by Gasteiger charge is -2.08. The number of nitrogens with one attached hydrogen (secondary N) is 1. The summed E-state index contributed by atoms with van der Waals surface area (Å²) in [5.74, 6) is 0. The monoisotopic (exact) mass is 339 g/mol. The Bertz CT molecular complexity index is 560. The number of halogens is 2. The van der Waals surface area contributed by atoms with Crippen molar-refractivity contribution in [3.8, 4) is 0 Å². The molecule has 0 heterocycles. The average molecular weight is 341 g/mol. The highest BCUT2D eigenvalue weighted by atomic mass is 79.9. The fourth-order valence-electron chi connectivity index (χ4n) is 1.84. The molecule has 4 heteroatoms. The van der Waals surface area contributed by atoms with Gasteiger partial charge < -0.3 is 10.4 Å². The van der Waals surface area contributed by atoms with Gasteiger partial charge in [-0.05, 0) is 28.8 Å². The van der Waals surface area contributed by atoms with Crippen LogP contribution in [-0.2, 0) is 19.7 Å². The van der Waals surface area contributed by atoms with Crippen LogP contribution in [0, 0.1) is 0 Å². The molecule has 0 saturated heterocycles. The second kappa shape index (κ2) is 7.06. The van der Waals surface area contributed by atoms with Gasteiger partial charge in [-0.15, -0.1) is 0 Å². The van der Waals surface area contributed by atoms with Crippen molar-refractivity contribution in [2.75, 3.05) is 0 Å². The highest BCUT2D eigenvalue weighted by Crippen LogP contribution is 2.21. The smallest absolute Gasteiger partial charge is 0.0681 e. The minimum Gasteiger partial charge on any atom is -0.392 e. The maximum atomic E-state index is 9.09. The first-order valence-corrected chi connectivity index (χ1v) is 7.19. The van der Waals surface area contributed by atoms with Gasteiger partial charge in [0.25, 0.3) is 0 Å². The largest absolute Gasteiger partial charge is 0.392 e. The van der Waals surface area contributed by atoms with Crippen molar-refractivity contribution in [2.45, 2.75) is 19.7 Å². The van der Waals surface area contributed by atoms with Crippen molar-refractivity contribution in [3.05, 3.63) is 68.7 Å².